The van der Waals surface area contributed by atoms with Crippen molar-refractivity contribution in [3.63, 3.8) is 0 Å². The van der Waals surface area contributed by atoms with E-state index in [0.717, 1.165) is 16.8 Å². The molecule has 0 saturated heterocycles. The summed E-state index contributed by atoms with van der Waals surface area (Å²) in [7, 11) is 0. The van der Waals surface area contributed by atoms with Gasteiger partial charge in [0.25, 0.3) is 0 Å². The fourth-order valence-corrected chi connectivity index (χ4v) is 2.88. The highest BCUT2D eigenvalue weighted by Gasteiger charge is 2.17. The molecule has 116 valence electrons. The number of aryl methyl sites for hydroxylation is 1. The van der Waals surface area contributed by atoms with Crippen LogP contribution in [0.15, 0.2) is 36.9 Å². The molecule has 0 aliphatic heterocycles. The number of fused-ring (bicyclic) bond motifs is 1. The molecule has 0 fully saturated rings. The fourth-order valence-electron chi connectivity index (χ4n) is 2.71. The highest BCUT2D eigenvalue weighted by Crippen LogP contribution is 2.32. The van der Waals surface area contributed by atoms with Crippen LogP contribution in [0.4, 0.5) is 0 Å². The molecule has 0 unspecified atom stereocenters. The Balaban J connectivity index is 1.95. The molecule has 0 bridgehead atoms. The van der Waals surface area contributed by atoms with E-state index in [9.17, 15) is 5.26 Å². The van der Waals surface area contributed by atoms with Gasteiger partial charge in [0.05, 0.1) is 23.3 Å². The van der Waals surface area contributed by atoms with E-state index in [0.29, 0.717) is 33.1 Å². The van der Waals surface area contributed by atoms with Crippen LogP contribution in [-0.2, 0) is 0 Å². The number of hydrogen-bond donors (Lipinski definition) is 2. The van der Waals surface area contributed by atoms with Crippen molar-refractivity contribution in [2.24, 2.45) is 0 Å². The van der Waals surface area contributed by atoms with Gasteiger partial charge in [-0.05, 0) is 30.7 Å². The number of halogens is 1. The molecule has 1 aromatic carbocycles. The van der Waals surface area contributed by atoms with Gasteiger partial charge in [-0.1, -0.05) is 17.7 Å². The highest BCUT2D eigenvalue weighted by atomic mass is 35.5. The molecule has 7 heteroatoms. The summed E-state index contributed by atoms with van der Waals surface area (Å²) in [6, 6.07) is 9.60. The van der Waals surface area contributed by atoms with Gasteiger partial charge in [0.1, 0.15) is 23.6 Å². The Kier molecular flexibility index (Phi) is 3.29. The predicted molar refractivity (Wildman–Crippen MR) is 91.4 cm³/mol. The number of imidazole rings is 1. The molecule has 24 heavy (non-hydrogen) atoms. The third-order valence-corrected chi connectivity index (χ3v) is 4.11. The lowest BCUT2D eigenvalue weighted by Gasteiger charge is -2.05. The monoisotopic (exact) mass is 334 g/mol. The normalized spacial score (nSPS) is 10.9. The first kappa shape index (κ1) is 14.4. The molecule has 0 atom stereocenters. The molecule has 3 aromatic heterocycles. The Morgan fingerprint density at radius 1 is 1.17 bits per heavy atom. The maximum Gasteiger partial charge on any atom is 0.161 e. The van der Waals surface area contributed by atoms with E-state index in [1.807, 2.05) is 25.1 Å². The molecule has 4 rings (SSSR count). The van der Waals surface area contributed by atoms with Crippen LogP contribution in [0.2, 0.25) is 5.02 Å². The lowest BCUT2D eigenvalue weighted by Crippen LogP contribution is -1.89. The van der Waals surface area contributed by atoms with Crippen molar-refractivity contribution in [3.05, 3.63) is 53.1 Å². The average Bonchev–Trinajstić information content (AvgIpc) is 3.23. The maximum absolute atomic E-state index is 9.52. The topological polar surface area (TPSA) is 94.0 Å². The van der Waals surface area contributed by atoms with Crippen LogP contribution in [-0.4, -0.2) is 24.9 Å². The first-order valence-corrected chi connectivity index (χ1v) is 7.59. The Bertz CT molecular complexity index is 1100. The number of rotatable bonds is 2. The molecule has 6 nitrogen and oxygen atoms in total. The smallest absolute Gasteiger partial charge is 0.161 e. The first-order chi connectivity index (χ1) is 11.7. The van der Waals surface area contributed by atoms with Gasteiger partial charge in [-0.3, -0.25) is 0 Å². The summed E-state index contributed by atoms with van der Waals surface area (Å²) in [5.41, 5.74) is 5.80. The Hall–Kier alpha value is -3.17. The average molecular weight is 335 g/mol. The van der Waals surface area contributed by atoms with Crippen molar-refractivity contribution < 1.29 is 0 Å². The Morgan fingerprint density at radius 2 is 2.04 bits per heavy atom. The van der Waals surface area contributed by atoms with E-state index < -0.39 is 0 Å². The third-order valence-electron chi connectivity index (χ3n) is 3.88. The van der Waals surface area contributed by atoms with Crippen molar-refractivity contribution >= 4 is 22.8 Å². The van der Waals surface area contributed by atoms with Crippen LogP contribution in [0, 0.1) is 18.3 Å². The number of nitrogens with zero attached hydrogens (tertiary/aromatic N) is 4. The summed E-state index contributed by atoms with van der Waals surface area (Å²) in [6.45, 7) is 1.98. The van der Waals surface area contributed by atoms with Gasteiger partial charge < -0.3 is 9.97 Å². The van der Waals surface area contributed by atoms with Crippen LogP contribution in [0.5, 0.6) is 0 Å². The number of aromatic amines is 2. The van der Waals surface area contributed by atoms with Crippen molar-refractivity contribution in [1.82, 2.24) is 24.9 Å². The van der Waals surface area contributed by atoms with E-state index >= 15 is 0 Å². The van der Waals surface area contributed by atoms with Gasteiger partial charge in [-0.15, -0.1) is 0 Å². The van der Waals surface area contributed by atoms with E-state index in [-0.39, 0.29) is 0 Å². The maximum atomic E-state index is 9.52. The van der Waals surface area contributed by atoms with E-state index in [4.69, 9.17) is 11.6 Å². The molecule has 0 saturated carbocycles. The van der Waals surface area contributed by atoms with Gasteiger partial charge in [0, 0.05) is 10.6 Å². The van der Waals surface area contributed by atoms with Gasteiger partial charge in [-0.25, -0.2) is 15.0 Å². The molecule has 0 radical (unpaired) electrons. The van der Waals surface area contributed by atoms with Crippen molar-refractivity contribution in [2.45, 2.75) is 6.92 Å². The molecular formula is C17H11ClN6. The minimum Gasteiger partial charge on any atom is -0.352 e. The van der Waals surface area contributed by atoms with E-state index in [2.05, 4.69) is 31.0 Å². The Morgan fingerprint density at radius 3 is 2.88 bits per heavy atom. The second-order valence-electron chi connectivity index (χ2n) is 5.36. The zero-order valence-corrected chi connectivity index (χ0v) is 13.4. The van der Waals surface area contributed by atoms with Crippen LogP contribution in [0.25, 0.3) is 33.8 Å². The fraction of sp³-hybridized carbons (Fsp3) is 0.0588. The van der Waals surface area contributed by atoms with Gasteiger partial charge in [0.2, 0.25) is 0 Å². The number of hydrogen-bond acceptors (Lipinski definition) is 4. The number of nitrogens with one attached hydrogen (secondary N) is 2. The summed E-state index contributed by atoms with van der Waals surface area (Å²) in [5.74, 6) is 0. The summed E-state index contributed by atoms with van der Waals surface area (Å²) >= 11 is 6.12. The molecular weight excluding hydrogens is 324 g/mol. The largest absolute Gasteiger partial charge is 0.352 e. The van der Waals surface area contributed by atoms with Crippen molar-refractivity contribution in [2.75, 3.05) is 0 Å². The van der Waals surface area contributed by atoms with Gasteiger partial charge >= 0.3 is 0 Å². The van der Waals surface area contributed by atoms with Gasteiger partial charge in [0.15, 0.2) is 5.65 Å². The molecule has 0 aliphatic rings. The summed E-state index contributed by atoms with van der Waals surface area (Å²) < 4.78 is 0. The molecule has 3 heterocycles. The molecule has 0 spiro atoms. The quantitative estimate of drug-likeness (QED) is 0.582. The Labute approximate surface area is 142 Å². The summed E-state index contributed by atoms with van der Waals surface area (Å²) in [6.07, 6.45) is 3.03. The zero-order chi connectivity index (χ0) is 16.7. The van der Waals surface area contributed by atoms with Crippen molar-refractivity contribution in [1.29, 1.82) is 5.26 Å². The second kappa shape index (κ2) is 5.48. The highest BCUT2D eigenvalue weighted by molar-refractivity contribution is 6.30. The van der Waals surface area contributed by atoms with Gasteiger partial charge in [-0.2, -0.15) is 5.26 Å². The summed E-state index contributed by atoms with van der Waals surface area (Å²) in [4.78, 5) is 19.0. The van der Waals surface area contributed by atoms with Crippen LogP contribution < -0.4 is 0 Å². The zero-order valence-electron chi connectivity index (χ0n) is 12.6. The van der Waals surface area contributed by atoms with Crippen LogP contribution in [0.3, 0.4) is 0 Å². The number of H-pyrrole nitrogens is 2. The molecule has 0 amide bonds. The molecule has 0 aliphatic carbocycles. The standard InChI is InChI=1S/C17H11ClN6/c1-9-2-3-11(18)5-12(9)14-10(6-19)4-13(24-14)15-16-17(22-7-20-15)23-8-21-16/h2-5,7-8,24H,1H3,(H,20,21,22,23). The summed E-state index contributed by atoms with van der Waals surface area (Å²) in [5, 5.41) is 10.1. The van der Waals surface area contributed by atoms with Crippen LogP contribution in [0.1, 0.15) is 11.1 Å². The minimum absolute atomic E-state index is 0.526. The lowest BCUT2D eigenvalue weighted by atomic mass is 10.0. The molecule has 4 aromatic rings. The van der Waals surface area contributed by atoms with E-state index in [1.54, 1.807) is 12.4 Å². The molecule has 2 N–H and O–H groups in total. The lowest BCUT2D eigenvalue weighted by molar-refractivity contribution is 1.19. The third kappa shape index (κ3) is 2.23. The SMILES string of the molecule is Cc1ccc(Cl)cc1-c1[nH]c(-c2ncnc3[nH]cnc23)cc1C#N. The van der Waals surface area contributed by atoms with E-state index in [1.165, 1.54) is 6.33 Å². The number of nitriles is 1. The first-order valence-electron chi connectivity index (χ1n) is 7.21. The predicted octanol–water partition coefficient (Wildman–Crippen LogP) is 3.85. The second-order valence-corrected chi connectivity index (χ2v) is 5.80. The number of aromatic nitrogens is 5. The number of benzene rings is 1. The minimum atomic E-state index is 0.526. The van der Waals surface area contributed by atoms with Crippen molar-refractivity contribution in [3.8, 4) is 28.7 Å². The van der Waals surface area contributed by atoms with Crippen LogP contribution >= 0.6 is 11.6 Å².